The van der Waals surface area contributed by atoms with Crippen LogP contribution in [0.15, 0.2) is 0 Å². The molecule has 1 N–H and O–H groups in total. The summed E-state index contributed by atoms with van der Waals surface area (Å²) in [5.74, 6) is -0.745. The third-order valence-corrected chi connectivity index (χ3v) is 2.16. The lowest BCUT2D eigenvalue weighted by molar-refractivity contribution is -0.141. The summed E-state index contributed by atoms with van der Waals surface area (Å²) in [5, 5.41) is 8.67. The van der Waals surface area contributed by atoms with Gasteiger partial charge in [0.25, 0.3) is 0 Å². The van der Waals surface area contributed by atoms with E-state index < -0.39 is 5.97 Å². The molecule has 3 heteroatoms. The van der Waals surface area contributed by atoms with Gasteiger partial charge in [0.05, 0.1) is 5.92 Å². The van der Waals surface area contributed by atoms with Crippen molar-refractivity contribution < 1.29 is 9.90 Å². The Morgan fingerprint density at radius 2 is 2.15 bits per heavy atom. The molecular formula is C10H21NO2. The summed E-state index contributed by atoms with van der Waals surface area (Å²) in [6.07, 6.45) is 1.95. The number of carboxylic acid groups (broad SMARTS) is 1. The average Bonchev–Trinajstić information content (AvgIpc) is 2.57. The van der Waals surface area contributed by atoms with Crippen molar-refractivity contribution in [2.45, 2.75) is 33.6 Å². The lowest BCUT2D eigenvalue weighted by Gasteiger charge is -2.12. The molecule has 1 fully saturated rings. The molecule has 0 aromatic heterocycles. The van der Waals surface area contributed by atoms with Gasteiger partial charge in [0, 0.05) is 6.54 Å². The number of rotatable bonds is 3. The quantitative estimate of drug-likeness (QED) is 0.732. The molecule has 1 aliphatic rings. The summed E-state index contributed by atoms with van der Waals surface area (Å²) in [4.78, 5) is 12.7. The van der Waals surface area contributed by atoms with Crippen LogP contribution < -0.4 is 0 Å². The predicted octanol–water partition coefficient (Wildman–Crippen LogP) is 1.83. The fraction of sp³-hybridized carbons (Fsp3) is 0.900. The van der Waals surface area contributed by atoms with Crippen LogP contribution in [0.1, 0.15) is 33.6 Å². The van der Waals surface area contributed by atoms with Crippen LogP contribution in [0.4, 0.5) is 0 Å². The maximum absolute atomic E-state index is 10.5. The molecule has 1 atom stereocenters. The zero-order valence-corrected chi connectivity index (χ0v) is 8.92. The van der Waals surface area contributed by atoms with Gasteiger partial charge in [-0.2, -0.15) is 0 Å². The van der Waals surface area contributed by atoms with Gasteiger partial charge in [0.1, 0.15) is 0 Å². The highest BCUT2D eigenvalue weighted by Gasteiger charge is 2.26. The van der Waals surface area contributed by atoms with Gasteiger partial charge >= 0.3 is 5.97 Å². The standard InChI is InChI=1S/C8H15NO2.C2H6/c1-2-4-9-5-3-7(6-9)8(10)11;1-2/h7H,2-6H2,1H3,(H,10,11);1-2H3. The van der Waals surface area contributed by atoms with E-state index >= 15 is 0 Å². The first-order valence-corrected chi connectivity index (χ1v) is 5.19. The van der Waals surface area contributed by atoms with Crippen LogP contribution in [-0.4, -0.2) is 35.6 Å². The van der Waals surface area contributed by atoms with Crippen LogP contribution in [0.5, 0.6) is 0 Å². The number of likely N-dealkylation sites (tertiary alicyclic amines) is 1. The predicted molar refractivity (Wildman–Crippen MR) is 53.8 cm³/mol. The Bertz CT molecular complexity index is 148. The van der Waals surface area contributed by atoms with Crippen LogP contribution in [-0.2, 0) is 4.79 Å². The molecule has 0 bridgehead atoms. The molecule has 3 nitrogen and oxygen atoms in total. The Hall–Kier alpha value is -0.570. The van der Waals surface area contributed by atoms with E-state index in [-0.39, 0.29) is 5.92 Å². The van der Waals surface area contributed by atoms with Gasteiger partial charge in [0.15, 0.2) is 0 Å². The monoisotopic (exact) mass is 187 g/mol. The summed E-state index contributed by atoms with van der Waals surface area (Å²) < 4.78 is 0. The van der Waals surface area contributed by atoms with Gasteiger partial charge in [-0.05, 0) is 25.9 Å². The summed E-state index contributed by atoms with van der Waals surface area (Å²) in [6.45, 7) is 8.88. The number of carboxylic acids is 1. The molecule has 0 radical (unpaired) electrons. The van der Waals surface area contributed by atoms with Gasteiger partial charge in [0.2, 0.25) is 0 Å². The van der Waals surface area contributed by atoms with E-state index in [0.717, 1.165) is 32.5 Å². The molecule has 1 heterocycles. The van der Waals surface area contributed by atoms with E-state index in [2.05, 4.69) is 11.8 Å². The smallest absolute Gasteiger partial charge is 0.307 e. The molecule has 0 amide bonds. The first-order valence-electron chi connectivity index (χ1n) is 5.19. The van der Waals surface area contributed by atoms with Crippen molar-refractivity contribution in [3.05, 3.63) is 0 Å². The molecule has 0 aromatic carbocycles. The van der Waals surface area contributed by atoms with Gasteiger partial charge < -0.3 is 10.0 Å². The highest BCUT2D eigenvalue weighted by Crippen LogP contribution is 2.15. The molecule has 0 saturated carbocycles. The molecule has 0 aliphatic carbocycles. The van der Waals surface area contributed by atoms with Crippen LogP contribution in [0.3, 0.4) is 0 Å². The zero-order chi connectivity index (χ0) is 10.3. The Morgan fingerprint density at radius 1 is 1.54 bits per heavy atom. The van der Waals surface area contributed by atoms with Gasteiger partial charge in [-0.15, -0.1) is 0 Å². The molecular weight excluding hydrogens is 166 g/mol. The molecule has 0 aromatic rings. The zero-order valence-electron chi connectivity index (χ0n) is 8.92. The van der Waals surface area contributed by atoms with Crippen molar-refractivity contribution in [2.24, 2.45) is 5.92 Å². The molecule has 1 saturated heterocycles. The Morgan fingerprint density at radius 3 is 2.54 bits per heavy atom. The molecule has 1 aliphatic heterocycles. The van der Waals surface area contributed by atoms with E-state index in [9.17, 15) is 4.79 Å². The molecule has 78 valence electrons. The first-order chi connectivity index (χ1) is 6.24. The van der Waals surface area contributed by atoms with E-state index in [1.54, 1.807) is 0 Å². The highest BCUT2D eigenvalue weighted by atomic mass is 16.4. The van der Waals surface area contributed by atoms with Gasteiger partial charge in [-0.3, -0.25) is 4.79 Å². The Labute approximate surface area is 80.7 Å². The van der Waals surface area contributed by atoms with E-state index in [0.29, 0.717) is 0 Å². The largest absolute Gasteiger partial charge is 0.481 e. The third kappa shape index (κ3) is 4.27. The van der Waals surface area contributed by atoms with Crippen molar-refractivity contribution in [2.75, 3.05) is 19.6 Å². The molecule has 13 heavy (non-hydrogen) atoms. The fourth-order valence-corrected chi connectivity index (χ4v) is 1.55. The summed E-state index contributed by atoms with van der Waals surface area (Å²) >= 11 is 0. The van der Waals surface area contributed by atoms with Crippen LogP contribution >= 0.6 is 0 Å². The van der Waals surface area contributed by atoms with Gasteiger partial charge in [-0.1, -0.05) is 20.8 Å². The molecule has 1 rings (SSSR count). The maximum Gasteiger partial charge on any atom is 0.307 e. The average molecular weight is 187 g/mol. The molecule has 1 unspecified atom stereocenters. The number of aliphatic carboxylic acids is 1. The van der Waals surface area contributed by atoms with Crippen molar-refractivity contribution in [3.63, 3.8) is 0 Å². The topological polar surface area (TPSA) is 40.5 Å². The van der Waals surface area contributed by atoms with Crippen molar-refractivity contribution in [1.29, 1.82) is 0 Å². The summed E-state index contributed by atoms with van der Waals surface area (Å²) in [7, 11) is 0. The lowest BCUT2D eigenvalue weighted by atomic mass is 10.1. The van der Waals surface area contributed by atoms with Crippen LogP contribution in [0.25, 0.3) is 0 Å². The second-order valence-electron chi connectivity index (χ2n) is 3.12. The SMILES string of the molecule is CC.CCCN1CCC(C(=O)O)C1. The van der Waals surface area contributed by atoms with Crippen molar-refractivity contribution in [1.82, 2.24) is 4.90 Å². The Kier molecular flexibility index (Phi) is 6.59. The van der Waals surface area contributed by atoms with E-state index in [1.807, 2.05) is 13.8 Å². The van der Waals surface area contributed by atoms with Crippen molar-refractivity contribution in [3.8, 4) is 0 Å². The van der Waals surface area contributed by atoms with Gasteiger partial charge in [-0.25, -0.2) is 0 Å². The second-order valence-corrected chi connectivity index (χ2v) is 3.12. The maximum atomic E-state index is 10.5. The minimum absolute atomic E-state index is 0.110. The minimum Gasteiger partial charge on any atom is -0.481 e. The number of carbonyl (C=O) groups is 1. The lowest BCUT2D eigenvalue weighted by Crippen LogP contribution is -2.23. The minimum atomic E-state index is -0.636. The summed E-state index contributed by atoms with van der Waals surface area (Å²) in [5.41, 5.74) is 0. The van der Waals surface area contributed by atoms with Crippen LogP contribution in [0.2, 0.25) is 0 Å². The van der Waals surface area contributed by atoms with Crippen molar-refractivity contribution >= 4 is 5.97 Å². The van der Waals surface area contributed by atoms with E-state index in [4.69, 9.17) is 5.11 Å². The number of hydrogen-bond donors (Lipinski definition) is 1. The van der Waals surface area contributed by atoms with E-state index in [1.165, 1.54) is 0 Å². The summed E-state index contributed by atoms with van der Waals surface area (Å²) in [6, 6.07) is 0. The normalized spacial score (nSPS) is 22.2. The highest BCUT2D eigenvalue weighted by molar-refractivity contribution is 5.70. The number of hydrogen-bond acceptors (Lipinski definition) is 2. The second kappa shape index (κ2) is 6.89. The fourth-order valence-electron chi connectivity index (χ4n) is 1.55. The number of nitrogens with zero attached hydrogens (tertiary/aromatic N) is 1. The molecule has 0 spiro atoms. The Balaban J connectivity index is 0.000000671. The third-order valence-electron chi connectivity index (χ3n) is 2.16. The first kappa shape index (κ1) is 12.4. The van der Waals surface area contributed by atoms with Crippen LogP contribution in [0, 0.1) is 5.92 Å².